The summed E-state index contributed by atoms with van der Waals surface area (Å²) in [4.78, 5) is 23.2. The number of hydrogen-bond donors (Lipinski definition) is 0. The maximum Gasteiger partial charge on any atom is 0.159 e. The number of ketones is 2. The van der Waals surface area contributed by atoms with Gasteiger partial charge in [-0.25, -0.2) is 0 Å². The van der Waals surface area contributed by atoms with E-state index in [-0.39, 0.29) is 17.5 Å². The minimum Gasteiger partial charge on any atom is -0.299 e. The summed E-state index contributed by atoms with van der Waals surface area (Å²) in [5.74, 6) is -0.130. The first-order valence-corrected chi connectivity index (χ1v) is 6.26. The van der Waals surface area contributed by atoms with Crippen molar-refractivity contribution >= 4 is 11.6 Å². The Morgan fingerprint density at radius 3 is 1.79 bits per heavy atom. The lowest BCUT2D eigenvalue weighted by Gasteiger charge is -2.15. The SMILES string of the molecule is CC(=O)c1ccc(C(C(C)=O)c2ccccc2)cc1. The van der Waals surface area contributed by atoms with Gasteiger partial charge in [-0.3, -0.25) is 9.59 Å². The molecule has 0 amide bonds. The predicted octanol–water partition coefficient (Wildman–Crippen LogP) is 3.61. The first-order chi connectivity index (χ1) is 9.09. The molecule has 96 valence electrons. The van der Waals surface area contributed by atoms with Crippen LogP contribution in [0.1, 0.15) is 41.3 Å². The molecule has 1 unspecified atom stereocenters. The van der Waals surface area contributed by atoms with Gasteiger partial charge in [-0.2, -0.15) is 0 Å². The van der Waals surface area contributed by atoms with Crippen LogP contribution in [-0.4, -0.2) is 11.6 Å². The van der Waals surface area contributed by atoms with Gasteiger partial charge in [0.1, 0.15) is 5.78 Å². The number of Topliss-reactive ketones (excluding diaryl/α,β-unsaturated/α-hetero) is 2. The van der Waals surface area contributed by atoms with Crippen LogP contribution in [0.25, 0.3) is 0 Å². The molecule has 0 bridgehead atoms. The molecule has 0 N–H and O–H groups in total. The van der Waals surface area contributed by atoms with Crippen LogP contribution in [0.15, 0.2) is 54.6 Å². The number of carbonyl (C=O) groups excluding carboxylic acids is 2. The fourth-order valence-corrected chi connectivity index (χ4v) is 2.22. The Hall–Kier alpha value is -2.22. The normalized spacial score (nSPS) is 11.9. The van der Waals surface area contributed by atoms with Crippen LogP contribution in [0, 0.1) is 0 Å². The van der Waals surface area contributed by atoms with E-state index in [1.165, 1.54) is 6.92 Å². The van der Waals surface area contributed by atoms with Crippen LogP contribution < -0.4 is 0 Å². The van der Waals surface area contributed by atoms with E-state index in [4.69, 9.17) is 0 Å². The highest BCUT2D eigenvalue weighted by Crippen LogP contribution is 2.25. The van der Waals surface area contributed by atoms with Gasteiger partial charge in [-0.15, -0.1) is 0 Å². The topological polar surface area (TPSA) is 34.1 Å². The summed E-state index contributed by atoms with van der Waals surface area (Å²) in [7, 11) is 0. The van der Waals surface area contributed by atoms with Crippen LogP contribution >= 0.6 is 0 Å². The second kappa shape index (κ2) is 5.61. The fourth-order valence-electron chi connectivity index (χ4n) is 2.22. The quantitative estimate of drug-likeness (QED) is 0.779. The van der Waals surface area contributed by atoms with Crippen molar-refractivity contribution in [3.8, 4) is 0 Å². The minimum atomic E-state index is -0.262. The van der Waals surface area contributed by atoms with Gasteiger partial charge >= 0.3 is 0 Å². The average molecular weight is 252 g/mol. The Morgan fingerprint density at radius 1 is 0.789 bits per heavy atom. The molecule has 2 heteroatoms. The third-order valence-electron chi connectivity index (χ3n) is 3.19. The Bertz CT molecular complexity index is 582. The summed E-state index contributed by atoms with van der Waals surface area (Å²) in [6.07, 6.45) is 0. The van der Waals surface area contributed by atoms with Crippen LogP contribution in [0.4, 0.5) is 0 Å². The molecule has 0 spiro atoms. The van der Waals surface area contributed by atoms with Crippen molar-refractivity contribution < 1.29 is 9.59 Å². The standard InChI is InChI=1S/C17H16O2/c1-12(18)14-8-10-16(11-9-14)17(13(2)19)15-6-4-3-5-7-15/h3-11,17H,1-2H3. The molecular formula is C17H16O2. The zero-order valence-electron chi connectivity index (χ0n) is 11.1. The first kappa shape index (κ1) is 13.2. The summed E-state index contributed by atoms with van der Waals surface area (Å²) in [6.45, 7) is 3.13. The van der Waals surface area contributed by atoms with Gasteiger partial charge in [0.25, 0.3) is 0 Å². The molecule has 0 fully saturated rings. The van der Waals surface area contributed by atoms with Gasteiger partial charge in [-0.1, -0.05) is 54.6 Å². The molecule has 0 aliphatic carbocycles. The van der Waals surface area contributed by atoms with E-state index in [9.17, 15) is 9.59 Å². The van der Waals surface area contributed by atoms with Gasteiger partial charge in [0.15, 0.2) is 5.78 Å². The molecule has 0 saturated carbocycles. The van der Waals surface area contributed by atoms with E-state index in [0.717, 1.165) is 11.1 Å². The maximum absolute atomic E-state index is 11.9. The van der Waals surface area contributed by atoms with E-state index in [2.05, 4.69) is 0 Å². The van der Waals surface area contributed by atoms with Crippen molar-refractivity contribution in [2.75, 3.05) is 0 Å². The van der Waals surface area contributed by atoms with Crippen LogP contribution in [-0.2, 0) is 4.79 Å². The molecular weight excluding hydrogens is 236 g/mol. The Labute approximate surface area is 113 Å². The molecule has 2 rings (SSSR count). The predicted molar refractivity (Wildman–Crippen MR) is 75.4 cm³/mol. The van der Waals surface area contributed by atoms with Gasteiger partial charge in [0, 0.05) is 5.56 Å². The minimum absolute atomic E-state index is 0.0330. The van der Waals surface area contributed by atoms with Gasteiger partial charge in [0.2, 0.25) is 0 Å². The third-order valence-corrected chi connectivity index (χ3v) is 3.19. The van der Waals surface area contributed by atoms with E-state index in [1.807, 2.05) is 42.5 Å². The molecule has 0 aromatic heterocycles. The molecule has 2 aromatic carbocycles. The average Bonchev–Trinajstić information content (AvgIpc) is 2.40. The first-order valence-electron chi connectivity index (χ1n) is 6.26. The maximum atomic E-state index is 11.9. The fraction of sp³-hybridized carbons (Fsp3) is 0.176. The van der Waals surface area contributed by atoms with E-state index < -0.39 is 0 Å². The lowest BCUT2D eigenvalue weighted by Crippen LogP contribution is -2.10. The van der Waals surface area contributed by atoms with Crippen LogP contribution in [0.3, 0.4) is 0 Å². The summed E-state index contributed by atoms with van der Waals surface area (Å²) in [5.41, 5.74) is 2.56. The molecule has 2 aromatic rings. The van der Waals surface area contributed by atoms with Gasteiger partial charge < -0.3 is 0 Å². The molecule has 0 aliphatic heterocycles. The summed E-state index contributed by atoms with van der Waals surface area (Å²) >= 11 is 0. The number of rotatable bonds is 4. The number of benzene rings is 2. The van der Waals surface area contributed by atoms with Crippen molar-refractivity contribution in [1.82, 2.24) is 0 Å². The molecule has 19 heavy (non-hydrogen) atoms. The number of hydrogen-bond acceptors (Lipinski definition) is 2. The second-order valence-electron chi connectivity index (χ2n) is 4.63. The summed E-state index contributed by atoms with van der Waals surface area (Å²) in [5, 5.41) is 0. The lowest BCUT2D eigenvalue weighted by atomic mass is 9.88. The second-order valence-corrected chi connectivity index (χ2v) is 4.63. The smallest absolute Gasteiger partial charge is 0.159 e. The van der Waals surface area contributed by atoms with Gasteiger partial charge in [0.05, 0.1) is 5.92 Å². The van der Waals surface area contributed by atoms with Crippen molar-refractivity contribution in [2.45, 2.75) is 19.8 Å². The van der Waals surface area contributed by atoms with E-state index >= 15 is 0 Å². The van der Waals surface area contributed by atoms with E-state index in [0.29, 0.717) is 5.56 Å². The highest BCUT2D eigenvalue weighted by molar-refractivity contribution is 5.94. The zero-order valence-corrected chi connectivity index (χ0v) is 11.1. The Morgan fingerprint density at radius 2 is 1.32 bits per heavy atom. The molecule has 0 saturated heterocycles. The zero-order chi connectivity index (χ0) is 13.8. The van der Waals surface area contributed by atoms with Crippen molar-refractivity contribution in [1.29, 1.82) is 0 Å². The molecule has 1 atom stereocenters. The molecule has 0 heterocycles. The Kier molecular flexibility index (Phi) is 3.91. The Balaban J connectivity index is 2.40. The summed E-state index contributed by atoms with van der Waals surface area (Å²) < 4.78 is 0. The highest BCUT2D eigenvalue weighted by Gasteiger charge is 2.18. The molecule has 0 aliphatic rings. The number of carbonyl (C=O) groups is 2. The van der Waals surface area contributed by atoms with Crippen molar-refractivity contribution in [3.63, 3.8) is 0 Å². The largest absolute Gasteiger partial charge is 0.299 e. The molecule has 0 radical (unpaired) electrons. The van der Waals surface area contributed by atoms with Crippen LogP contribution in [0.2, 0.25) is 0 Å². The summed E-state index contributed by atoms with van der Waals surface area (Å²) in [6, 6.07) is 16.9. The molecule has 2 nitrogen and oxygen atoms in total. The monoisotopic (exact) mass is 252 g/mol. The van der Waals surface area contributed by atoms with Crippen LogP contribution in [0.5, 0.6) is 0 Å². The highest BCUT2D eigenvalue weighted by atomic mass is 16.1. The van der Waals surface area contributed by atoms with Crippen molar-refractivity contribution in [2.24, 2.45) is 0 Å². The lowest BCUT2D eigenvalue weighted by molar-refractivity contribution is -0.117. The van der Waals surface area contributed by atoms with Gasteiger partial charge in [-0.05, 0) is 25.0 Å². The van der Waals surface area contributed by atoms with E-state index in [1.54, 1.807) is 19.1 Å². The third kappa shape index (κ3) is 2.97. The van der Waals surface area contributed by atoms with Crippen molar-refractivity contribution in [3.05, 3.63) is 71.3 Å².